The molecule has 0 saturated heterocycles. The summed E-state index contributed by atoms with van der Waals surface area (Å²) in [7, 11) is 0. The van der Waals surface area contributed by atoms with Crippen molar-refractivity contribution < 1.29 is 0 Å². The average molecular weight is 822 g/mol. The molecule has 308 valence electrons. The van der Waals surface area contributed by atoms with Gasteiger partial charge in [0.25, 0.3) is 0 Å². The van der Waals surface area contributed by atoms with Crippen LogP contribution in [0.5, 0.6) is 0 Å². The van der Waals surface area contributed by atoms with E-state index in [1.54, 1.807) is 0 Å². The molecule has 3 aliphatic rings. The standard InChI is InChI=1S/C63H51N/c1-42-15-6-7-18-52(42)54-23-14-22-53(43(54)2)47-31-38-51(39-32-47)64(49-34-27-45(28-35-49)44-16-4-3-5-17-44)50-36-29-46(30-37-50)48-33-40-58-57-21-10-13-26-61(57)63(62(58)41-48)59-24-11-8-19-55(59)56-20-9-12-25-60(56)63/h3-28,31-35,38-41,46,50H,29-30,36-37H2,1-2H3. The maximum atomic E-state index is 2.64. The van der Waals surface area contributed by atoms with Gasteiger partial charge < -0.3 is 4.90 Å². The predicted molar refractivity (Wildman–Crippen MR) is 269 cm³/mol. The van der Waals surface area contributed by atoms with E-state index in [2.05, 4.69) is 231 Å². The summed E-state index contributed by atoms with van der Waals surface area (Å²) in [5, 5.41) is 0. The fraction of sp³-hybridized carbons (Fsp3) is 0.143. The van der Waals surface area contributed by atoms with Crippen LogP contribution in [0.25, 0.3) is 55.6 Å². The Bertz CT molecular complexity index is 3120. The molecule has 9 aromatic rings. The topological polar surface area (TPSA) is 3.24 Å². The van der Waals surface area contributed by atoms with Crippen molar-refractivity contribution in [3.63, 3.8) is 0 Å². The van der Waals surface area contributed by atoms with Crippen molar-refractivity contribution in [2.45, 2.75) is 56.9 Å². The molecule has 12 rings (SSSR count). The van der Waals surface area contributed by atoms with Crippen molar-refractivity contribution in [1.82, 2.24) is 0 Å². The van der Waals surface area contributed by atoms with Gasteiger partial charge in [-0.25, -0.2) is 0 Å². The zero-order valence-corrected chi connectivity index (χ0v) is 36.6. The van der Waals surface area contributed by atoms with Gasteiger partial charge in [0.1, 0.15) is 0 Å². The van der Waals surface area contributed by atoms with Crippen molar-refractivity contribution in [2.24, 2.45) is 0 Å². The maximum absolute atomic E-state index is 2.64. The van der Waals surface area contributed by atoms with Gasteiger partial charge in [0.15, 0.2) is 0 Å². The van der Waals surface area contributed by atoms with Crippen LogP contribution < -0.4 is 4.90 Å². The normalized spacial score (nSPS) is 16.5. The van der Waals surface area contributed by atoms with Gasteiger partial charge in [0, 0.05) is 17.4 Å². The second kappa shape index (κ2) is 15.5. The lowest BCUT2D eigenvalue weighted by atomic mass is 9.69. The molecule has 1 fully saturated rings. The highest BCUT2D eigenvalue weighted by Crippen LogP contribution is 2.63. The SMILES string of the molecule is Cc1ccccc1-c1cccc(-c2ccc(N(c3ccc(-c4ccccc4)cc3)C3CCC(c4ccc5c(c4)C4(c6ccccc6-c6ccccc64)c4ccccc4-5)CC3)cc2)c1C. The van der Waals surface area contributed by atoms with Crippen LogP contribution in [-0.2, 0) is 5.41 Å². The number of fused-ring (bicyclic) bond motifs is 10. The van der Waals surface area contributed by atoms with E-state index in [9.17, 15) is 0 Å². The molecule has 0 heterocycles. The first kappa shape index (κ1) is 38.5. The van der Waals surface area contributed by atoms with Crippen LogP contribution in [0.4, 0.5) is 11.4 Å². The molecular weight excluding hydrogens is 771 g/mol. The Morgan fingerprint density at radius 2 is 0.828 bits per heavy atom. The lowest BCUT2D eigenvalue weighted by Crippen LogP contribution is -2.34. The average Bonchev–Trinajstić information content (AvgIpc) is 3.83. The highest BCUT2D eigenvalue weighted by Gasteiger charge is 2.51. The fourth-order valence-electron chi connectivity index (χ4n) is 12.0. The zero-order chi connectivity index (χ0) is 42.8. The van der Waals surface area contributed by atoms with Crippen LogP contribution in [0.3, 0.4) is 0 Å². The molecule has 0 bridgehead atoms. The van der Waals surface area contributed by atoms with Gasteiger partial charge in [-0.05, 0) is 164 Å². The highest BCUT2D eigenvalue weighted by atomic mass is 15.2. The van der Waals surface area contributed by atoms with Crippen LogP contribution in [-0.4, -0.2) is 6.04 Å². The molecule has 1 spiro atoms. The minimum atomic E-state index is -0.304. The Labute approximate surface area is 378 Å². The summed E-state index contributed by atoms with van der Waals surface area (Å²) < 4.78 is 0. The quantitative estimate of drug-likeness (QED) is 0.155. The molecule has 0 unspecified atom stereocenters. The number of hydrogen-bond acceptors (Lipinski definition) is 1. The summed E-state index contributed by atoms with van der Waals surface area (Å²) in [6.45, 7) is 4.48. The van der Waals surface area contributed by atoms with Crippen LogP contribution in [0, 0.1) is 13.8 Å². The van der Waals surface area contributed by atoms with Gasteiger partial charge in [-0.3, -0.25) is 0 Å². The van der Waals surface area contributed by atoms with Crippen LogP contribution in [0.2, 0.25) is 0 Å². The third-order valence-electron chi connectivity index (χ3n) is 15.0. The monoisotopic (exact) mass is 821 g/mol. The summed E-state index contributed by atoms with van der Waals surface area (Å²) in [6, 6.07) is 80.3. The molecule has 64 heavy (non-hydrogen) atoms. The summed E-state index contributed by atoms with van der Waals surface area (Å²) in [6.07, 6.45) is 4.55. The van der Waals surface area contributed by atoms with Gasteiger partial charge in [-0.2, -0.15) is 0 Å². The first-order chi connectivity index (χ1) is 31.6. The molecule has 9 aromatic carbocycles. The zero-order valence-electron chi connectivity index (χ0n) is 36.6. The van der Waals surface area contributed by atoms with Gasteiger partial charge in [0.05, 0.1) is 5.41 Å². The minimum Gasteiger partial charge on any atom is -0.338 e. The Hall–Kier alpha value is -7.22. The largest absolute Gasteiger partial charge is 0.338 e. The number of anilines is 2. The van der Waals surface area contributed by atoms with Crippen LogP contribution in [0.1, 0.15) is 70.5 Å². The first-order valence-corrected chi connectivity index (χ1v) is 23.2. The summed E-state index contributed by atoms with van der Waals surface area (Å²) in [4.78, 5) is 2.64. The molecule has 3 aliphatic carbocycles. The molecule has 0 aromatic heterocycles. The molecule has 1 nitrogen and oxygen atoms in total. The van der Waals surface area contributed by atoms with Gasteiger partial charge >= 0.3 is 0 Å². The smallest absolute Gasteiger partial charge is 0.0725 e. The predicted octanol–water partition coefficient (Wildman–Crippen LogP) is 16.5. The summed E-state index contributed by atoms with van der Waals surface area (Å²) in [5.74, 6) is 0.502. The molecule has 1 heteroatoms. The van der Waals surface area contributed by atoms with Crippen LogP contribution >= 0.6 is 0 Å². The molecule has 0 atom stereocenters. The third kappa shape index (κ3) is 6.05. The second-order valence-electron chi connectivity index (χ2n) is 18.3. The fourth-order valence-corrected chi connectivity index (χ4v) is 12.0. The lowest BCUT2D eigenvalue weighted by Gasteiger charge is -2.39. The lowest BCUT2D eigenvalue weighted by molar-refractivity contribution is 0.391. The van der Waals surface area contributed by atoms with Crippen molar-refractivity contribution in [3.05, 3.63) is 251 Å². The third-order valence-corrected chi connectivity index (χ3v) is 15.0. The van der Waals surface area contributed by atoms with Gasteiger partial charge in [0.2, 0.25) is 0 Å². The van der Waals surface area contributed by atoms with Crippen molar-refractivity contribution in [1.29, 1.82) is 0 Å². The van der Waals surface area contributed by atoms with E-state index in [1.165, 1.54) is 106 Å². The number of rotatable bonds is 7. The number of hydrogen-bond donors (Lipinski definition) is 0. The van der Waals surface area contributed by atoms with Crippen molar-refractivity contribution in [3.8, 4) is 55.6 Å². The second-order valence-corrected chi connectivity index (χ2v) is 18.3. The van der Waals surface area contributed by atoms with Crippen LogP contribution in [0.15, 0.2) is 212 Å². The molecule has 0 radical (unpaired) electrons. The van der Waals surface area contributed by atoms with E-state index in [1.807, 2.05) is 0 Å². The Morgan fingerprint density at radius 1 is 0.359 bits per heavy atom. The Kier molecular flexibility index (Phi) is 9.34. The molecule has 0 aliphatic heterocycles. The number of aryl methyl sites for hydroxylation is 1. The van der Waals surface area contributed by atoms with E-state index >= 15 is 0 Å². The van der Waals surface area contributed by atoms with E-state index in [-0.39, 0.29) is 5.41 Å². The minimum absolute atomic E-state index is 0.304. The van der Waals surface area contributed by atoms with Gasteiger partial charge in [-0.1, -0.05) is 188 Å². The van der Waals surface area contributed by atoms with E-state index in [0.717, 1.165) is 25.7 Å². The molecule has 1 saturated carbocycles. The molecule has 0 amide bonds. The molecule has 0 N–H and O–H groups in total. The van der Waals surface area contributed by atoms with E-state index in [0.29, 0.717) is 12.0 Å². The summed E-state index contributed by atoms with van der Waals surface area (Å²) in [5.41, 5.74) is 25.1. The number of nitrogens with zero attached hydrogens (tertiary/aromatic N) is 1. The van der Waals surface area contributed by atoms with E-state index < -0.39 is 0 Å². The van der Waals surface area contributed by atoms with Crippen molar-refractivity contribution in [2.75, 3.05) is 4.90 Å². The first-order valence-electron chi connectivity index (χ1n) is 23.2. The van der Waals surface area contributed by atoms with Crippen molar-refractivity contribution >= 4 is 11.4 Å². The maximum Gasteiger partial charge on any atom is 0.0725 e. The molecular formula is C63H51N. The summed E-state index contributed by atoms with van der Waals surface area (Å²) >= 11 is 0. The Balaban J connectivity index is 0.878. The Morgan fingerprint density at radius 3 is 1.42 bits per heavy atom. The highest BCUT2D eigenvalue weighted by molar-refractivity contribution is 5.95. The number of benzene rings is 9. The van der Waals surface area contributed by atoms with E-state index in [4.69, 9.17) is 0 Å². The van der Waals surface area contributed by atoms with Gasteiger partial charge in [-0.15, -0.1) is 0 Å².